The minimum atomic E-state index is -0.689. The second-order valence-corrected chi connectivity index (χ2v) is 9.75. The lowest BCUT2D eigenvalue weighted by molar-refractivity contribution is -0.140. The summed E-state index contributed by atoms with van der Waals surface area (Å²) in [5, 5.41) is 3.84. The number of halogens is 3. The SMILES string of the molecule is CCCNC(=O)[C@H](Cc1ccccc1)N(Cc1ccc(Br)cc1)C(=O)Cc1c(Cl)cccc1Cl. The molecule has 0 aliphatic carbocycles. The Morgan fingerprint density at radius 2 is 1.56 bits per heavy atom. The highest BCUT2D eigenvalue weighted by molar-refractivity contribution is 9.10. The van der Waals surface area contributed by atoms with E-state index in [2.05, 4.69) is 21.2 Å². The third kappa shape index (κ3) is 7.33. The van der Waals surface area contributed by atoms with Gasteiger partial charge in [-0.1, -0.05) is 94.6 Å². The summed E-state index contributed by atoms with van der Waals surface area (Å²) in [5.74, 6) is -0.396. The highest BCUT2D eigenvalue weighted by Gasteiger charge is 2.30. The zero-order chi connectivity index (χ0) is 24.5. The van der Waals surface area contributed by atoms with Gasteiger partial charge in [0.1, 0.15) is 6.04 Å². The van der Waals surface area contributed by atoms with Crippen molar-refractivity contribution in [1.29, 1.82) is 0 Å². The van der Waals surface area contributed by atoms with Crippen molar-refractivity contribution >= 4 is 50.9 Å². The van der Waals surface area contributed by atoms with Crippen molar-refractivity contribution in [2.24, 2.45) is 0 Å². The molecule has 3 aromatic rings. The van der Waals surface area contributed by atoms with E-state index in [1.165, 1.54) is 0 Å². The van der Waals surface area contributed by atoms with Gasteiger partial charge in [0.15, 0.2) is 0 Å². The predicted octanol–water partition coefficient (Wildman–Crippen LogP) is 6.46. The fourth-order valence-corrected chi connectivity index (χ4v) is 4.46. The zero-order valence-corrected chi connectivity index (χ0v) is 22.0. The Kier molecular flexibility index (Phi) is 10.00. The molecule has 0 saturated heterocycles. The summed E-state index contributed by atoms with van der Waals surface area (Å²) in [4.78, 5) is 28.7. The molecule has 0 aliphatic heterocycles. The van der Waals surface area contributed by atoms with Crippen molar-refractivity contribution in [2.45, 2.75) is 38.8 Å². The molecule has 2 amide bonds. The van der Waals surface area contributed by atoms with Crippen molar-refractivity contribution in [3.8, 4) is 0 Å². The minimum absolute atomic E-state index is 0.00137. The molecular formula is C27H27BrCl2N2O2. The molecule has 1 N–H and O–H groups in total. The molecule has 3 rings (SSSR count). The molecular weight excluding hydrogens is 535 g/mol. The first-order valence-electron chi connectivity index (χ1n) is 11.2. The summed E-state index contributed by atoms with van der Waals surface area (Å²) in [7, 11) is 0. The van der Waals surface area contributed by atoms with Gasteiger partial charge in [-0.3, -0.25) is 9.59 Å². The third-order valence-corrected chi connectivity index (χ3v) is 6.71. The van der Waals surface area contributed by atoms with Gasteiger partial charge in [0.2, 0.25) is 11.8 Å². The normalized spacial score (nSPS) is 11.6. The van der Waals surface area contributed by atoms with Crippen LogP contribution in [0.25, 0.3) is 0 Å². The van der Waals surface area contributed by atoms with Crippen LogP contribution in [0.4, 0.5) is 0 Å². The van der Waals surface area contributed by atoms with Crippen LogP contribution in [0.5, 0.6) is 0 Å². The quantitative estimate of drug-likeness (QED) is 0.308. The fourth-order valence-electron chi connectivity index (χ4n) is 3.66. The molecule has 178 valence electrons. The molecule has 0 heterocycles. The second kappa shape index (κ2) is 12.9. The average molecular weight is 562 g/mol. The lowest BCUT2D eigenvalue weighted by atomic mass is 10.0. The Morgan fingerprint density at radius 1 is 0.912 bits per heavy atom. The Morgan fingerprint density at radius 3 is 2.18 bits per heavy atom. The van der Waals surface area contributed by atoms with E-state index in [0.29, 0.717) is 28.6 Å². The molecule has 0 saturated carbocycles. The average Bonchev–Trinajstić information content (AvgIpc) is 2.84. The summed E-state index contributed by atoms with van der Waals surface area (Å²) in [6.45, 7) is 2.82. The number of carbonyl (C=O) groups is 2. The Labute approximate surface area is 219 Å². The number of amides is 2. The van der Waals surface area contributed by atoms with E-state index in [4.69, 9.17) is 23.2 Å². The van der Waals surface area contributed by atoms with E-state index >= 15 is 0 Å². The van der Waals surface area contributed by atoms with Gasteiger partial charge in [-0.15, -0.1) is 0 Å². The Bertz CT molecular complexity index is 1090. The predicted molar refractivity (Wildman–Crippen MR) is 142 cm³/mol. The number of rotatable bonds is 10. The van der Waals surface area contributed by atoms with Crippen LogP contribution in [-0.4, -0.2) is 29.3 Å². The highest BCUT2D eigenvalue weighted by atomic mass is 79.9. The van der Waals surface area contributed by atoms with Gasteiger partial charge in [0, 0.05) is 34.0 Å². The van der Waals surface area contributed by atoms with Gasteiger partial charge < -0.3 is 10.2 Å². The van der Waals surface area contributed by atoms with Crippen molar-refractivity contribution in [3.05, 3.63) is 104 Å². The number of hydrogen-bond acceptors (Lipinski definition) is 2. The van der Waals surface area contributed by atoms with Crippen molar-refractivity contribution in [2.75, 3.05) is 6.54 Å². The molecule has 0 unspecified atom stereocenters. The summed E-state index contributed by atoms with van der Waals surface area (Å²) >= 11 is 16.2. The van der Waals surface area contributed by atoms with E-state index in [1.807, 2.05) is 61.5 Å². The van der Waals surface area contributed by atoms with Gasteiger partial charge in [-0.05, 0) is 47.4 Å². The smallest absolute Gasteiger partial charge is 0.243 e. The van der Waals surface area contributed by atoms with Crippen LogP contribution >= 0.6 is 39.1 Å². The monoisotopic (exact) mass is 560 g/mol. The lowest BCUT2D eigenvalue weighted by Crippen LogP contribution is -2.51. The van der Waals surface area contributed by atoms with Gasteiger partial charge in [-0.2, -0.15) is 0 Å². The van der Waals surface area contributed by atoms with Crippen molar-refractivity contribution < 1.29 is 9.59 Å². The summed E-state index contributed by atoms with van der Waals surface area (Å²) in [6.07, 6.45) is 1.20. The molecule has 7 heteroatoms. The van der Waals surface area contributed by atoms with Gasteiger partial charge in [0.25, 0.3) is 0 Å². The van der Waals surface area contributed by atoms with Crippen molar-refractivity contribution in [1.82, 2.24) is 10.2 Å². The standard InChI is InChI=1S/C27H27BrCl2N2O2/c1-2-15-31-27(34)25(16-19-7-4-3-5-8-19)32(18-20-11-13-21(28)14-12-20)26(33)17-22-23(29)9-6-10-24(22)30/h3-14,25H,2,15-18H2,1H3,(H,31,34)/t25-/m0/s1. The lowest BCUT2D eigenvalue weighted by Gasteiger charge is -2.32. The van der Waals surface area contributed by atoms with Crippen LogP contribution in [0.15, 0.2) is 77.3 Å². The van der Waals surface area contributed by atoms with Crippen molar-refractivity contribution in [3.63, 3.8) is 0 Å². The molecule has 0 radical (unpaired) electrons. The van der Waals surface area contributed by atoms with E-state index < -0.39 is 6.04 Å². The van der Waals surface area contributed by atoms with Gasteiger partial charge in [-0.25, -0.2) is 0 Å². The number of benzene rings is 3. The van der Waals surface area contributed by atoms with Crippen LogP contribution in [0.2, 0.25) is 10.0 Å². The maximum atomic E-state index is 13.7. The molecule has 0 fully saturated rings. The fraction of sp³-hybridized carbons (Fsp3) is 0.259. The largest absolute Gasteiger partial charge is 0.354 e. The summed E-state index contributed by atoms with van der Waals surface area (Å²) in [6, 6.07) is 21.9. The maximum absolute atomic E-state index is 13.7. The van der Waals surface area contributed by atoms with E-state index in [0.717, 1.165) is 22.0 Å². The number of carbonyl (C=O) groups excluding carboxylic acids is 2. The molecule has 34 heavy (non-hydrogen) atoms. The van der Waals surface area contributed by atoms with Crippen LogP contribution in [-0.2, 0) is 29.0 Å². The molecule has 0 aliphatic rings. The highest BCUT2D eigenvalue weighted by Crippen LogP contribution is 2.26. The minimum Gasteiger partial charge on any atom is -0.354 e. The molecule has 4 nitrogen and oxygen atoms in total. The zero-order valence-electron chi connectivity index (χ0n) is 18.9. The molecule has 0 spiro atoms. The van der Waals surface area contributed by atoms with E-state index in [1.54, 1.807) is 23.1 Å². The number of hydrogen-bond donors (Lipinski definition) is 1. The molecule has 0 bridgehead atoms. The Balaban J connectivity index is 1.98. The first kappa shape index (κ1) is 26.3. The van der Waals surface area contributed by atoms with Gasteiger partial charge >= 0.3 is 0 Å². The van der Waals surface area contributed by atoms with Crippen LogP contribution < -0.4 is 5.32 Å². The van der Waals surface area contributed by atoms with E-state index in [9.17, 15) is 9.59 Å². The van der Waals surface area contributed by atoms with Gasteiger partial charge in [0.05, 0.1) is 6.42 Å². The topological polar surface area (TPSA) is 49.4 Å². The van der Waals surface area contributed by atoms with E-state index in [-0.39, 0.29) is 24.8 Å². The van der Waals surface area contributed by atoms with Crippen LogP contribution in [0, 0.1) is 0 Å². The first-order valence-corrected chi connectivity index (χ1v) is 12.7. The third-order valence-electron chi connectivity index (χ3n) is 5.48. The summed E-state index contributed by atoms with van der Waals surface area (Å²) in [5.41, 5.74) is 2.45. The number of nitrogens with one attached hydrogen (secondary N) is 1. The first-order chi connectivity index (χ1) is 16.4. The summed E-state index contributed by atoms with van der Waals surface area (Å²) < 4.78 is 0.943. The molecule has 1 atom stereocenters. The van der Waals surface area contributed by atoms with Crippen LogP contribution in [0.1, 0.15) is 30.0 Å². The Hall–Kier alpha value is -2.34. The van der Waals surface area contributed by atoms with Crippen LogP contribution in [0.3, 0.4) is 0 Å². The molecule has 3 aromatic carbocycles. The second-order valence-electron chi connectivity index (χ2n) is 8.02. The molecule has 0 aromatic heterocycles. The maximum Gasteiger partial charge on any atom is 0.243 e. The number of nitrogens with zero attached hydrogens (tertiary/aromatic N) is 1.